The summed E-state index contributed by atoms with van der Waals surface area (Å²) < 4.78 is 13.1. The Balaban J connectivity index is 1.79. The summed E-state index contributed by atoms with van der Waals surface area (Å²) in [6.07, 6.45) is 4.16. The van der Waals surface area contributed by atoms with Crippen LogP contribution in [0.25, 0.3) is 0 Å². The summed E-state index contributed by atoms with van der Waals surface area (Å²) in [7, 11) is 0. The van der Waals surface area contributed by atoms with Crippen LogP contribution in [0.15, 0.2) is 18.2 Å². The number of aryl methyl sites for hydroxylation is 1. The van der Waals surface area contributed by atoms with Crippen molar-refractivity contribution in [1.29, 1.82) is 0 Å². The third kappa shape index (κ3) is 3.30. The SMILES string of the molecule is CC(CO)CCCNC1CCc2cc(F)ccc21. The van der Waals surface area contributed by atoms with Gasteiger partial charge in [0.15, 0.2) is 0 Å². The molecule has 2 atom stereocenters. The highest BCUT2D eigenvalue weighted by Gasteiger charge is 2.21. The van der Waals surface area contributed by atoms with Crippen molar-refractivity contribution >= 4 is 0 Å². The molecule has 1 aliphatic carbocycles. The minimum atomic E-state index is -0.133. The molecule has 1 aromatic rings. The Morgan fingerprint density at radius 3 is 3.11 bits per heavy atom. The Labute approximate surface area is 108 Å². The van der Waals surface area contributed by atoms with Crippen molar-refractivity contribution in [2.45, 2.75) is 38.6 Å². The van der Waals surface area contributed by atoms with Crippen molar-refractivity contribution in [2.75, 3.05) is 13.2 Å². The zero-order valence-corrected chi connectivity index (χ0v) is 11.0. The number of hydrogen-bond donors (Lipinski definition) is 2. The number of aliphatic hydroxyl groups is 1. The van der Waals surface area contributed by atoms with Gasteiger partial charge in [0.2, 0.25) is 0 Å². The van der Waals surface area contributed by atoms with Gasteiger partial charge in [0.25, 0.3) is 0 Å². The van der Waals surface area contributed by atoms with Gasteiger partial charge in [-0.1, -0.05) is 13.0 Å². The third-order valence-electron chi connectivity index (χ3n) is 3.76. The molecule has 0 spiro atoms. The van der Waals surface area contributed by atoms with E-state index in [4.69, 9.17) is 5.11 Å². The predicted octanol–water partition coefficient (Wildman–Crippen LogP) is 2.81. The van der Waals surface area contributed by atoms with Crippen LogP contribution >= 0.6 is 0 Å². The van der Waals surface area contributed by atoms with Gasteiger partial charge in [0.1, 0.15) is 5.82 Å². The summed E-state index contributed by atoms with van der Waals surface area (Å²) in [5, 5.41) is 12.5. The van der Waals surface area contributed by atoms with Gasteiger partial charge in [-0.3, -0.25) is 0 Å². The molecule has 3 heteroatoms. The fourth-order valence-corrected chi connectivity index (χ4v) is 2.62. The minimum absolute atomic E-state index is 0.133. The number of nitrogens with one attached hydrogen (secondary N) is 1. The van der Waals surface area contributed by atoms with E-state index in [1.165, 1.54) is 5.56 Å². The first-order chi connectivity index (χ1) is 8.70. The van der Waals surface area contributed by atoms with E-state index in [2.05, 4.69) is 12.2 Å². The average molecular weight is 251 g/mol. The van der Waals surface area contributed by atoms with E-state index in [9.17, 15) is 4.39 Å². The van der Waals surface area contributed by atoms with Crippen LogP contribution in [-0.2, 0) is 6.42 Å². The topological polar surface area (TPSA) is 32.3 Å². The van der Waals surface area contributed by atoms with Crippen LogP contribution < -0.4 is 5.32 Å². The first-order valence-corrected chi connectivity index (χ1v) is 6.83. The van der Waals surface area contributed by atoms with Gasteiger partial charge in [0, 0.05) is 12.6 Å². The van der Waals surface area contributed by atoms with E-state index in [-0.39, 0.29) is 12.4 Å². The number of benzene rings is 1. The fourth-order valence-electron chi connectivity index (χ4n) is 2.62. The molecule has 0 saturated heterocycles. The van der Waals surface area contributed by atoms with Crippen LogP contribution in [0, 0.1) is 11.7 Å². The van der Waals surface area contributed by atoms with Gasteiger partial charge in [0.05, 0.1) is 0 Å². The molecule has 0 amide bonds. The van der Waals surface area contributed by atoms with Crippen molar-refractivity contribution in [3.8, 4) is 0 Å². The molecule has 0 aromatic heterocycles. The molecule has 1 aromatic carbocycles. The number of aliphatic hydroxyl groups excluding tert-OH is 1. The zero-order valence-electron chi connectivity index (χ0n) is 11.0. The Bertz CT molecular complexity index is 394. The van der Waals surface area contributed by atoms with Crippen LogP contribution in [0.1, 0.15) is 43.4 Å². The molecule has 2 rings (SSSR count). The smallest absolute Gasteiger partial charge is 0.123 e. The molecule has 100 valence electrons. The quantitative estimate of drug-likeness (QED) is 0.762. The molecular formula is C15H22FNO. The van der Waals surface area contributed by atoms with Crippen molar-refractivity contribution in [3.63, 3.8) is 0 Å². The predicted molar refractivity (Wildman–Crippen MR) is 70.9 cm³/mol. The van der Waals surface area contributed by atoms with E-state index in [0.29, 0.717) is 12.0 Å². The highest BCUT2D eigenvalue weighted by molar-refractivity contribution is 5.34. The molecule has 0 saturated carbocycles. The van der Waals surface area contributed by atoms with Crippen LogP contribution in [0.3, 0.4) is 0 Å². The van der Waals surface area contributed by atoms with E-state index < -0.39 is 0 Å². The van der Waals surface area contributed by atoms with E-state index in [1.54, 1.807) is 12.1 Å². The number of hydrogen-bond acceptors (Lipinski definition) is 2. The van der Waals surface area contributed by atoms with Crippen molar-refractivity contribution in [3.05, 3.63) is 35.1 Å². The lowest BCUT2D eigenvalue weighted by atomic mass is 10.1. The third-order valence-corrected chi connectivity index (χ3v) is 3.76. The van der Waals surface area contributed by atoms with E-state index in [1.807, 2.05) is 6.07 Å². The molecular weight excluding hydrogens is 229 g/mol. The Morgan fingerprint density at radius 1 is 1.50 bits per heavy atom. The second-order valence-corrected chi connectivity index (χ2v) is 5.32. The molecule has 0 radical (unpaired) electrons. The van der Waals surface area contributed by atoms with Crippen molar-refractivity contribution in [2.24, 2.45) is 5.92 Å². The zero-order chi connectivity index (χ0) is 13.0. The maximum atomic E-state index is 13.1. The molecule has 1 aliphatic rings. The highest BCUT2D eigenvalue weighted by atomic mass is 19.1. The molecule has 2 N–H and O–H groups in total. The summed E-state index contributed by atoms with van der Waals surface area (Å²) in [5.74, 6) is 0.253. The van der Waals surface area contributed by atoms with Crippen molar-refractivity contribution in [1.82, 2.24) is 5.32 Å². The lowest BCUT2D eigenvalue weighted by Gasteiger charge is -2.15. The lowest BCUT2D eigenvalue weighted by Crippen LogP contribution is -2.21. The molecule has 0 heterocycles. The molecule has 0 bridgehead atoms. The average Bonchev–Trinajstić information content (AvgIpc) is 2.76. The summed E-state index contributed by atoms with van der Waals surface area (Å²) >= 11 is 0. The maximum absolute atomic E-state index is 13.1. The van der Waals surface area contributed by atoms with Gasteiger partial charge >= 0.3 is 0 Å². The Hall–Kier alpha value is -0.930. The Kier molecular flexibility index (Phi) is 4.72. The molecule has 2 unspecified atom stereocenters. The van der Waals surface area contributed by atoms with Gasteiger partial charge in [-0.25, -0.2) is 4.39 Å². The largest absolute Gasteiger partial charge is 0.396 e. The number of fused-ring (bicyclic) bond motifs is 1. The van der Waals surface area contributed by atoms with Gasteiger partial charge in [-0.2, -0.15) is 0 Å². The molecule has 18 heavy (non-hydrogen) atoms. The van der Waals surface area contributed by atoms with Crippen LogP contribution in [0.4, 0.5) is 4.39 Å². The summed E-state index contributed by atoms with van der Waals surface area (Å²) in [5.41, 5.74) is 2.41. The molecule has 0 aliphatic heterocycles. The van der Waals surface area contributed by atoms with Crippen molar-refractivity contribution < 1.29 is 9.50 Å². The second kappa shape index (κ2) is 6.30. The molecule has 0 fully saturated rings. The van der Waals surface area contributed by atoms with E-state index >= 15 is 0 Å². The van der Waals surface area contributed by atoms with Gasteiger partial charge < -0.3 is 10.4 Å². The maximum Gasteiger partial charge on any atom is 0.123 e. The normalized spacial score (nSPS) is 19.8. The number of rotatable bonds is 6. The first kappa shape index (κ1) is 13.5. The summed E-state index contributed by atoms with van der Waals surface area (Å²) in [6, 6.07) is 5.49. The van der Waals surface area contributed by atoms with E-state index in [0.717, 1.165) is 37.8 Å². The van der Waals surface area contributed by atoms with Crippen LogP contribution in [-0.4, -0.2) is 18.3 Å². The first-order valence-electron chi connectivity index (χ1n) is 6.83. The minimum Gasteiger partial charge on any atom is -0.396 e. The Morgan fingerprint density at radius 2 is 2.33 bits per heavy atom. The highest BCUT2D eigenvalue weighted by Crippen LogP contribution is 2.31. The molecule has 2 nitrogen and oxygen atoms in total. The lowest BCUT2D eigenvalue weighted by molar-refractivity contribution is 0.227. The summed E-state index contributed by atoms with van der Waals surface area (Å²) in [6.45, 7) is 3.30. The second-order valence-electron chi connectivity index (χ2n) is 5.32. The fraction of sp³-hybridized carbons (Fsp3) is 0.600. The number of halogens is 1. The summed E-state index contributed by atoms with van der Waals surface area (Å²) in [4.78, 5) is 0. The van der Waals surface area contributed by atoms with Gasteiger partial charge in [-0.15, -0.1) is 0 Å². The van der Waals surface area contributed by atoms with Gasteiger partial charge in [-0.05, 0) is 61.4 Å². The monoisotopic (exact) mass is 251 g/mol. The van der Waals surface area contributed by atoms with Crippen LogP contribution in [0.2, 0.25) is 0 Å². The van der Waals surface area contributed by atoms with Crippen LogP contribution in [0.5, 0.6) is 0 Å². The standard InChI is InChI=1S/C15H22FNO/c1-11(10-18)3-2-8-17-15-7-4-12-9-13(16)5-6-14(12)15/h5-6,9,11,15,17-18H,2-4,7-8,10H2,1H3.